The third kappa shape index (κ3) is 3.44. The number of halogens is 1. The van der Waals surface area contributed by atoms with Crippen molar-refractivity contribution >= 4 is 21.8 Å². The van der Waals surface area contributed by atoms with Crippen LogP contribution in [-0.4, -0.2) is 28.7 Å². The summed E-state index contributed by atoms with van der Waals surface area (Å²) in [6.07, 6.45) is 4.67. The molecule has 126 valence electrons. The number of carbonyl (C=O) groups excluding carboxylic acids is 1. The molecule has 6 heteroatoms. The van der Waals surface area contributed by atoms with Crippen LogP contribution in [0, 0.1) is 0 Å². The number of hydrogen-bond acceptors (Lipinski definition) is 4. The minimum Gasteiger partial charge on any atom is -0.495 e. The fraction of sp³-hybridized carbons (Fsp3) is 0.333. The van der Waals surface area contributed by atoms with E-state index in [0.717, 1.165) is 15.6 Å². The van der Waals surface area contributed by atoms with Gasteiger partial charge in [-0.2, -0.15) is 0 Å². The Kier molecular flexibility index (Phi) is 4.87. The van der Waals surface area contributed by atoms with Crippen molar-refractivity contribution < 1.29 is 14.6 Å². The average Bonchev–Trinajstić information content (AvgIpc) is 2.60. The van der Waals surface area contributed by atoms with Crippen LogP contribution in [0.15, 0.2) is 41.1 Å². The van der Waals surface area contributed by atoms with Crippen molar-refractivity contribution in [1.82, 2.24) is 10.3 Å². The number of aliphatic hydroxyl groups is 1. The van der Waals surface area contributed by atoms with Gasteiger partial charge in [-0.15, -0.1) is 0 Å². The molecule has 0 saturated heterocycles. The Morgan fingerprint density at radius 2 is 2.25 bits per heavy atom. The average molecular weight is 391 g/mol. The minimum atomic E-state index is -1.37. The molecule has 0 aliphatic heterocycles. The second-order valence-electron chi connectivity index (χ2n) is 5.99. The highest BCUT2D eigenvalue weighted by molar-refractivity contribution is 9.10. The van der Waals surface area contributed by atoms with Gasteiger partial charge in [0.05, 0.1) is 13.3 Å². The first-order valence-electron chi connectivity index (χ1n) is 7.77. The van der Waals surface area contributed by atoms with Crippen molar-refractivity contribution in [3.8, 4) is 5.75 Å². The van der Waals surface area contributed by atoms with Gasteiger partial charge in [0.2, 0.25) is 0 Å². The van der Waals surface area contributed by atoms with Crippen molar-refractivity contribution in [2.24, 2.45) is 0 Å². The zero-order valence-corrected chi connectivity index (χ0v) is 15.0. The normalized spacial score (nSPS) is 19.5. The first kappa shape index (κ1) is 16.9. The molecule has 2 aromatic rings. The predicted octanol–water partition coefficient (Wildman–Crippen LogP) is 2.39. The second kappa shape index (κ2) is 6.91. The fourth-order valence-corrected chi connectivity index (χ4v) is 3.43. The molecule has 0 spiro atoms. The largest absolute Gasteiger partial charge is 0.495 e. The molecule has 1 atom stereocenters. The molecular formula is C18H19BrN2O3. The fourth-order valence-electron chi connectivity index (χ4n) is 3.02. The Bertz CT molecular complexity index is 766. The molecule has 1 aromatic carbocycles. The van der Waals surface area contributed by atoms with Gasteiger partial charge < -0.3 is 15.2 Å². The smallest absolute Gasteiger partial charge is 0.252 e. The highest BCUT2D eigenvalue weighted by atomic mass is 79.9. The van der Waals surface area contributed by atoms with Gasteiger partial charge in [-0.3, -0.25) is 9.78 Å². The predicted molar refractivity (Wildman–Crippen MR) is 93.8 cm³/mol. The summed E-state index contributed by atoms with van der Waals surface area (Å²) >= 11 is 3.45. The van der Waals surface area contributed by atoms with Crippen LogP contribution in [0.2, 0.25) is 0 Å². The minimum absolute atomic E-state index is 0.292. The molecule has 1 aromatic heterocycles. The number of carbonyl (C=O) groups is 1. The van der Waals surface area contributed by atoms with Crippen molar-refractivity contribution in [2.75, 3.05) is 7.11 Å². The topological polar surface area (TPSA) is 71.5 Å². The number of pyridine rings is 1. The van der Waals surface area contributed by atoms with E-state index in [9.17, 15) is 9.90 Å². The summed E-state index contributed by atoms with van der Waals surface area (Å²) in [6, 6.07) is 7.73. The zero-order valence-electron chi connectivity index (χ0n) is 13.4. The maximum Gasteiger partial charge on any atom is 0.252 e. The van der Waals surface area contributed by atoms with Crippen molar-refractivity contribution in [1.29, 1.82) is 0 Å². The van der Waals surface area contributed by atoms with Gasteiger partial charge in [0.15, 0.2) is 0 Å². The number of aromatic nitrogens is 1. The van der Waals surface area contributed by atoms with E-state index in [-0.39, 0.29) is 5.91 Å². The third-order valence-electron chi connectivity index (χ3n) is 4.41. The molecule has 3 rings (SSSR count). The van der Waals surface area contributed by atoms with Crippen molar-refractivity contribution in [2.45, 2.75) is 31.4 Å². The van der Waals surface area contributed by atoms with Gasteiger partial charge >= 0.3 is 0 Å². The van der Waals surface area contributed by atoms with Crippen molar-refractivity contribution in [3.63, 3.8) is 0 Å². The molecule has 2 N–H and O–H groups in total. The van der Waals surface area contributed by atoms with Crippen LogP contribution in [0.25, 0.3) is 0 Å². The van der Waals surface area contributed by atoms with Gasteiger partial charge in [0, 0.05) is 29.2 Å². The monoisotopic (exact) mass is 390 g/mol. The summed E-state index contributed by atoms with van der Waals surface area (Å²) in [5.74, 6) is 0.263. The standard InChI is InChI=1S/C18H19BrN2O3/c1-24-16-11-20-7-5-14(16)10-21-17(22)18(23)6-4-12-8-15(19)3-2-13(12)9-18/h2-3,5,7-8,11,23H,4,6,9-10H2,1H3,(H,21,22)/t18-/m0/s1. The van der Waals surface area contributed by atoms with E-state index in [4.69, 9.17) is 4.74 Å². The zero-order chi connectivity index (χ0) is 17.2. The molecule has 1 aliphatic carbocycles. The Balaban J connectivity index is 1.70. The number of nitrogens with zero attached hydrogens (tertiary/aromatic N) is 1. The number of fused-ring (bicyclic) bond motifs is 1. The van der Waals surface area contributed by atoms with Crippen molar-refractivity contribution in [3.05, 3.63) is 57.8 Å². The van der Waals surface area contributed by atoms with E-state index >= 15 is 0 Å². The lowest BCUT2D eigenvalue weighted by Crippen LogP contribution is -2.50. The van der Waals surface area contributed by atoms with E-state index in [1.165, 1.54) is 5.56 Å². The third-order valence-corrected chi connectivity index (χ3v) is 4.90. The molecule has 5 nitrogen and oxygen atoms in total. The summed E-state index contributed by atoms with van der Waals surface area (Å²) < 4.78 is 6.24. The summed E-state index contributed by atoms with van der Waals surface area (Å²) in [4.78, 5) is 16.5. The first-order chi connectivity index (χ1) is 11.5. The second-order valence-corrected chi connectivity index (χ2v) is 6.91. The van der Waals surface area contributed by atoms with E-state index in [2.05, 4.69) is 32.3 Å². The number of amides is 1. The van der Waals surface area contributed by atoms with Crippen LogP contribution in [0.5, 0.6) is 5.75 Å². The molecule has 0 bridgehead atoms. The molecule has 24 heavy (non-hydrogen) atoms. The van der Waals surface area contributed by atoms with Crippen LogP contribution in [0.1, 0.15) is 23.1 Å². The van der Waals surface area contributed by atoms with Gasteiger partial charge in [-0.1, -0.05) is 22.0 Å². The SMILES string of the molecule is COc1cnccc1CNC(=O)[C@]1(O)CCc2cc(Br)ccc2C1. The maximum absolute atomic E-state index is 12.5. The molecular weight excluding hydrogens is 372 g/mol. The van der Waals surface area contributed by atoms with E-state index in [0.29, 0.717) is 31.6 Å². The molecule has 0 saturated carbocycles. The van der Waals surface area contributed by atoms with Gasteiger partial charge in [-0.25, -0.2) is 0 Å². The number of ether oxygens (including phenoxy) is 1. The molecule has 0 fully saturated rings. The summed E-state index contributed by atoms with van der Waals surface area (Å²) in [5, 5.41) is 13.6. The first-order valence-corrected chi connectivity index (χ1v) is 8.56. The van der Waals surface area contributed by atoms with Gasteiger partial charge in [0.25, 0.3) is 5.91 Å². The lowest BCUT2D eigenvalue weighted by Gasteiger charge is -2.32. The summed E-state index contributed by atoms with van der Waals surface area (Å²) in [6.45, 7) is 0.292. The Hall–Kier alpha value is -1.92. The summed E-state index contributed by atoms with van der Waals surface area (Å²) in [5.41, 5.74) is 1.65. The van der Waals surface area contributed by atoms with Crippen LogP contribution >= 0.6 is 15.9 Å². The van der Waals surface area contributed by atoms with Crippen LogP contribution in [-0.2, 0) is 24.2 Å². The van der Waals surface area contributed by atoms with Crippen LogP contribution in [0.3, 0.4) is 0 Å². The van der Waals surface area contributed by atoms with Gasteiger partial charge in [0.1, 0.15) is 11.4 Å². The highest BCUT2D eigenvalue weighted by Gasteiger charge is 2.39. The number of nitrogens with one attached hydrogen (secondary N) is 1. The molecule has 1 amide bonds. The molecule has 0 unspecified atom stereocenters. The molecule has 1 aliphatic rings. The lowest BCUT2D eigenvalue weighted by atomic mass is 9.80. The number of benzene rings is 1. The highest BCUT2D eigenvalue weighted by Crippen LogP contribution is 2.31. The van der Waals surface area contributed by atoms with Crippen LogP contribution < -0.4 is 10.1 Å². The molecule has 1 heterocycles. The number of rotatable bonds is 4. The number of aryl methyl sites for hydroxylation is 1. The van der Waals surface area contributed by atoms with Gasteiger partial charge in [-0.05, 0) is 42.2 Å². The van der Waals surface area contributed by atoms with Crippen LogP contribution in [0.4, 0.5) is 0 Å². The van der Waals surface area contributed by atoms with E-state index in [1.807, 2.05) is 12.1 Å². The lowest BCUT2D eigenvalue weighted by molar-refractivity contribution is -0.141. The number of methoxy groups -OCH3 is 1. The Morgan fingerprint density at radius 1 is 1.42 bits per heavy atom. The molecule has 0 radical (unpaired) electrons. The van der Waals surface area contributed by atoms with E-state index in [1.54, 1.807) is 25.6 Å². The number of hydrogen-bond donors (Lipinski definition) is 2. The summed E-state index contributed by atoms with van der Waals surface area (Å²) in [7, 11) is 1.56. The Labute approximate surface area is 149 Å². The van der Waals surface area contributed by atoms with E-state index < -0.39 is 5.60 Å². The quantitative estimate of drug-likeness (QED) is 0.840. The maximum atomic E-state index is 12.5. The Morgan fingerprint density at radius 3 is 3.04 bits per heavy atom.